The second-order valence-electron chi connectivity index (χ2n) is 12.7. The van der Waals surface area contributed by atoms with Crippen molar-refractivity contribution in [2.24, 2.45) is 5.92 Å². The molecule has 0 bridgehead atoms. The van der Waals surface area contributed by atoms with E-state index in [9.17, 15) is 9.59 Å². The quantitative estimate of drug-likeness (QED) is 0.253. The molecule has 0 saturated heterocycles. The highest BCUT2D eigenvalue weighted by molar-refractivity contribution is 6.93. The number of hydrogen-bond acceptors (Lipinski definition) is 3. The second kappa shape index (κ2) is 11.7. The van der Waals surface area contributed by atoms with Crippen molar-refractivity contribution in [3.63, 3.8) is 0 Å². The molecule has 0 unspecified atom stereocenters. The first-order valence-electron chi connectivity index (χ1n) is 14.3. The number of rotatable bonds is 8. The van der Waals surface area contributed by atoms with Gasteiger partial charge in [0.05, 0.1) is 6.04 Å². The SMILES string of the molecule is C=C[C@@H]1CC(=O)C([Si](C(C)C)(C(C)C)C(C)C)=CN1C(=O)O[C@@H]1CCCC[C@H]1C(C)(C)c1ccccc1. The minimum absolute atomic E-state index is 0.113. The molecule has 5 heteroatoms. The molecule has 0 radical (unpaired) electrons. The Labute approximate surface area is 226 Å². The number of ether oxygens (including phenoxy) is 1. The lowest BCUT2D eigenvalue weighted by Gasteiger charge is -2.47. The highest BCUT2D eigenvalue weighted by Crippen LogP contribution is 2.48. The van der Waals surface area contributed by atoms with Gasteiger partial charge in [-0.25, -0.2) is 4.79 Å². The minimum atomic E-state index is -2.23. The van der Waals surface area contributed by atoms with Crippen LogP contribution in [0.1, 0.15) is 93.1 Å². The van der Waals surface area contributed by atoms with E-state index in [2.05, 4.69) is 86.2 Å². The Bertz CT molecular complexity index is 973. The Hall–Kier alpha value is -2.14. The van der Waals surface area contributed by atoms with E-state index in [1.807, 2.05) is 12.3 Å². The maximum atomic E-state index is 13.8. The fourth-order valence-electron chi connectivity index (χ4n) is 7.71. The third kappa shape index (κ3) is 5.53. The number of amides is 1. The number of allylic oxidation sites excluding steroid dienone is 1. The van der Waals surface area contributed by atoms with Crippen LogP contribution < -0.4 is 0 Å². The Kier molecular flexibility index (Phi) is 9.31. The number of ketones is 1. The molecule has 37 heavy (non-hydrogen) atoms. The summed E-state index contributed by atoms with van der Waals surface area (Å²) in [6.45, 7) is 22.0. The summed E-state index contributed by atoms with van der Waals surface area (Å²) in [7, 11) is -2.23. The van der Waals surface area contributed by atoms with E-state index in [-0.39, 0.29) is 41.8 Å². The predicted molar refractivity (Wildman–Crippen MR) is 156 cm³/mol. The summed E-state index contributed by atoms with van der Waals surface area (Å²) in [4.78, 5) is 29.1. The highest BCUT2D eigenvalue weighted by Gasteiger charge is 2.51. The van der Waals surface area contributed by atoms with Crippen LogP contribution in [-0.2, 0) is 14.9 Å². The topological polar surface area (TPSA) is 46.6 Å². The molecule has 0 N–H and O–H groups in total. The molecule has 1 amide bonds. The fraction of sp³-hybridized carbons (Fsp3) is 0.625. The number of carbonyl (C=O) groups is 2. The van der Waals surface area contributed by atoms with Gasteiger partial charge < -0.3 is 4.74 Å². The Morgan fingerprint density at radius 2 is 1.59 bits per heavy atom. The summed E-state index contributed by atoms with van der Waals surface area (Å²) in [5, 5.41) is 0.896. The van der Waals surface area contributed by atoms with E-state index in [1.54, 1.807) is 11.0 Å². The van der Waals surface area contributed by atoms with Gasteiger partial charge in [-0.3, -0.25) is 9.69 Å². The van der Waals surface area contributed by atoms with E-state index in [1.165, 1.54) is 5.56 Å². The monoisotopic (exact) mass is 523 g/mol. The maximum Gasteiger partial charge on any atom is 0.414 e. The number of nitrogens with zero attached hydrogens (tertiary/aromatic N) is 1. The van der Waals surface area contributed by atoms with Gasteiger partial charge in [0, 0.05) is 18.5 Å². The normalized spacial score (nSPS) is 23.4. The van der Waals surface area contributed by atoms with Gasteiger partial charge in [-0.05, 0) is 52.1 Å². The zero-order chi connectivity index (χ0) is 27.5. The third-order valence-corrected chi connectivity index (χ3v) is 16.6. The van der Waals surface area contributed by atoms with Crippen LogP contribution in [0.3, 0.4) is 0 Å². The van der Waals surface area contributed by atoms with Gasteiger partial charge in [-0.1, -0.05) is 98.2 Å². The van der Waals surface area contributed by atoms with Gasteiger partial charge >= 0.3 is 6.09 Å². The van der Waals surface area contributed by atoms with Crippen LogP contribution in [0.15, 0.2) is 54.4 Å². The number of carbonyl (C=O) groups excluding carboxylic acids is 2. The van der Waals surface area contributed by atoms with Crippen LogP contribution in [0.25, 0.3) is 0 Å². The molecule has 1 saturated carbocycles. The zero-order valence-electron chi connectivity index (χ0n) is 24.4. The van der Waals surface area contributed by atoms with E-state index in [0.717, 1.165) is 30.9 Å². The first-order chi connectivity index (χ1) is 17.4. The molecule has 1 fully saturated rings. The summed E-state index contributed by atoms with van der Waals surface area (Å²) in [5.74, 6) is 0.414. The molecule has 4 nitrogen and oxygen atoms in total. The van der Waals surface area contributed by atoms with Crippen molar-refractivity contribution >= 4 is 20.0 Å². The average molecular weight is 524 g/mol. The van der Waals surface area contributed by atoms with E-state index in [0.29, 0.717) is 16.6 Å². The van der Waals surface area contributed by atoms with Gasteiger partial charge in [-0.15, -0.1) is 6.58 Å². The molecular weight excluding hydrogens is 474 g/mol. The van der Waals surface area contributed by atoms with Gasteiger partial charge in [0.2, 0.25) is 0 Å². The molecule has 2 aliphatic rings. The molecule has 1 aromatic rings. The van der Waals surface area contributed by atoms with Crippen LogP contribution in [0.5, 0.6) is 0 Å². The largest absolute Gasteiger partial charge is 0.446 e. The van der Waals surface area contributed by atoms with Crippen molar-refractivity contribution in [3.8, 4) is 0 Å². The van der Waals surface area contributed by atoms with Gasteiger partial charge in [-0.2, -0.15) is 0 Å². The molecule has 1 aromatic carbocycles. The van der Waals surface area contributed by atoms with Crippen molar-refractivity contribution in [1.29, 1.82) is 0 Å². The molecule has 1 aliphatic carbocycles. The summed E-state index contributed by atoms with van der Waals surface area (Å²) in [5.41, 5.74) is 2.32. The van der Waals surface area contributed by atoms with E-state index in [4.69, 9.17) is 4.74 Å². The first-order valence-corrected chi connectivity index (χ1v) is 16.5. The summed E-state index contributed by atoms with van der Waals surface area (Å²) in [6.07, 6.45) is 7.52. The first kappa shape index (κ1) is 29.4. The summed E-state index contributed by atoms with van der Waals surface area (Å²) < 4.78 is 6.36. The minimum Gasteiger partial charge on any atom is -0.446 e. The number of benzene rings is 1. The molecular formula is C32H49NO3Si. The Morgan fingerprint density at radius 3 is 2.14 bits per heavy atom. The Morgan fingerprint density at radius 1 is 1.03 bits per heavy atom. The average Bonchev–Trinajstić information content (AvgIpc) is 2.85. The maximum absolute atomic E-state index is 13.8. The second-order valence-corrected chi connectivity index (χ2v) is 18.5. The predicted octanol–water partition coefficient (Wildman–Crippen LogP) is 8.59. The van der Waals surface area contributed by atoms with Crippen LogP contribution in [0.4, 0.5) is 4.79 Å². The fourth-order valence-corrected chi connectivity index (χ4v) is 14.5. The molecule has 3 rings (SSSR count). The summed E-state index contributed by atoms with van der Waals surface area (Å²) in [6, 6.07) is 10.2. The lowest BCUT2D eigenvalue weighted by Crippen LogP contribution is -2.54. The molecule has 1 heterocycles. The van der Waals surface area contributed by atoms with Crippen LogP contribution >= 0.6 is 0 Å². The lowest BCUT2D eigenvalue weighted by molar-refractivity contribution is -0.116. The lowest BCUT2D eigenvalue weighted by atomic mass is 9.66. The van der Waals surface area contributed by atoms with Crippen LogP contribution in [-0.4, -0.2) is 37.0 Å². The van der Waals surface area contributed by atoms with Crippen molar-refractivity contribution in [1.82, 2.24) is 4.90 Å². The molecule has 3 atom stereocenters. The standard InChI is InChI=1S/C32H49NO3Si/c1-10-26-20-28(34)30(37(22(2)3,23(4)5)24(6)7)21-33(26)31(35)36-29-19-15-14-18-27(29)32(8,9)25-16-12-11-13-17-25/h10-13,16-17,21-24,26-27,29H,1,14-15,18-20H2,2-9H3/t26-,27-,29-/m1/s1. The van der Waals surface area contributed by atoms with Crippen LogP contribution in [0.2, 0.25) is 16.6 Å². The molecule has 0 aromatic heterocycles. The molecule has 1 aliphatic heterocycles. The smallest absolute Gasteiger partial charge is 0.414 e. The zero-order valence-corrected chi connectivity index (χ0v) is 25.4. The van der Waals surface area contributed by atoms with Crippen LogP contribution in [0, 0.1) is 5.92 Å². The van der Waals surface area contributed by atoms with E-state index < -0.39 is 8.07 Å². The number of Topliss-reactive ketones (excluding diaryl/α,β-unsaturated/α-hetero) is 1. The molecule has 0 spiro atoms. The number of hydrogen-bond donors (Lipinski definition) is 0. The van der Waals surface area contributed by atoms with Gasteiger partial charge in [0.15, 0.2) is 5.78 Å². The van der Waals surface area contributed by atoms with Gasteiger partial charge in [0.25, 0.3) is 0 Å². The van der Waals surface area contributed by atoms with E-state index >= 15 is 0 Å². The van der Waals surface area contributed by atoms with Crippen molar-refractivity contribution < 1.29 is 14.3 Å². The van der Waals surface area contributed by atoms with Crippen molar-refractivity contribution in [2.75, 3.05) is 0 Å². The third-order valence-electron chi connectivity index (χ3n) is 9.54. The van der Waals surface area contributed by atoms with Gasteiger partial charge in [0.1, 0.15) is 14.2 Å². The molecule has 204 valence electrons. The Balaban J connectivity index is 1.97. The van der Waals surface area contributed by atoms with Crippen molar-refractivity contribution in [2.45, 2.75) is 122 Å². The van der Waals surface area contributed by atoms with Crippen molar-refractivity contribution in [3.05, 3.63) is 59.9 Å². The summed E-state index contributed by atoms with van der Waals surface area (Å²) >= 11 is 0. The highest BCUT2D eigenvalue weighted by atomic mass is 28.3.